The second kappa shape index (κ2) is 3.03. The van der Waals surface area contributed by atoms with Gasteiger partial charge in [0.1, 0.15) is 5.50 Å². The van der Waals surface area contributed by atoms with Crippen LogP contribution in [0.5, 0.6) is 0 Å². The highest BCUT2D eigenvalue weighted by atomic mass is 32.1. The van der Waals surface area contributed by atoms with Gasteiger partial charge in [-0.3, -0.25) is 0 Å². The zero-order chi connectivity index (χ0) is 8.55. The fourth-order valence-electron chi connectivity index (χ4n) is 1.17. The third-order valence-electron chi connectivity index (χ3n) is 1.89. The van der Waals surface area contributed by atoms with Crippen LogP contribution in [-0.4, -0.2) is 17.4 Å². The molecule has 0 saturated carbocycles. The lowest BCUT2D eigenvalue weighted by Gasteiger charge is -2.19. The van der Waals surface area contributed by atoms with Gasteiger partial charge in [0.15, 0.2) is 0 Å². The Morgan fingerprint density at radius 3 is 3.00 bits per heavy atom. The predicted octanol–water partition coefficient (Wildman–Crippen LogP) is 1.79. The first-order valence-electron chi connectivity index (χ1n) is 3.70. The summed E-state index contributed by atoms with van der Waals surface area (Å²) in [5.41, 5.74) is 1.33. The van der Waals surface area contributed by atoms with Crippen molar-refractivity contribution in [1.82, 2.24) is 10.2 Å². The number of thiophene rings is 1. The van der Waals surface area contributed by atoms with Crippen molar-refractivity contribution >= 4 is 29.7 Å². The highest BCUT2D eigenvalue weighted by Crippen LogP contribution is 2.27. The quantitative estimate of drug-likeness (QED) is 0.669. The smallest absolute Gasteiger partial charge is 0.144 e. The average molecular weight is 198 g/mol. The van der Waals surface area contributed by atoms with Crippen molar-refractivity contribution in [2.75, 3.05) is 7.05 Å². The van der Waals surface area contributed by atoms with Crippen molar-refractivity contribution < 1.29 is 0 Å². The average Bonchev–Trinajstić information content (AvgIpc) is 2.64. The summed E-state index contributed by atoms with van der Waals surface area (Å²) in [6.07, 6.45) is 2.00. The van der Waals surface area contributed by atoms with Crippen molar-refractivity contribution in [2.45, 2.75) is 5.50 Å². The Morgan fingerprint density at radius 2 is 2.50 bits per heavy atom. The SMILES string of the molecule is CN1C(c2cccs2)=CNC1S. The van der Waals surface area contributed by atoms with E-state index in [0.717, 1.165) is 0 Å². The van der Waals surface area contributed by atoms with Crippen molar-refractivity contribution in [3.63, 3.8) is 0 Å². The van der Waals surface area contributed by atoms with E-state index in [9.17, 15) is 0 Å². The molecule has 1 aromatic rings. The van der Waals surface area contributed by atoms with Gasteiger partial charge in [-0.15, -0.1) is 24.0 Å². The van der Waals surface area contributed by atoms with Crippen LogP contribution in [0, 0.1) is 0 Å². The molecule has 0 amide bonds. The molecule has 4 heteroatoms. The van der Waals surface area contributed by atoms with Crippen molar-refractivity contribution in [3.8, 4) is 0 Å². The molecule has 64 valence electrons. The number of hydrogen-bond acceptors (Lipinski definition) is 4. The highest BCUT2D eigenvalue weighted by Gasteiger charge is 2.19. The van der Waals surface area contributed by atoms with Gasteiger partial charge in [-0.05, 0) is 11.4 Å². The van der Waals surface area contributed by atoms with Crippen LogP contribution in [0.4, 0.5) is 0 Å². The molecule has 0 bridgehead atoms. The minimum atomic E-state index is 0.113. The summed E-state index contributed by atoms with van der Waals surface area (Å²) < 4.78 is 0. The third-order valence-corrected chi connectivity index (χ3v) is 3.28. The van der Waals surface area contributed by atoms with E-state index < -0.39 is 0 Å². The van der Waals surface area contributed by atoms with E-state index in [1.807, 2.05) is 13.2 Å². The van der Waals surface area contributed by atoms with Gasteiger partial charge < -0.3 is 10.2 Å². The van der Waals surface area contributed by atoms with E-state index in [0.29, 0.717) is 0 Å². The molecule has 0 aromatic carbocycles. The lowest BCUT2D eigenvalue weighted by Crippen LogP contribution is -2.27. The molecule has 0 spiro atoms. The van der Waals surface area contributed by atoms with Crippen molar-refractivity contribution in [2.24, 2.45) is 0 Å². The Bertz CT molecular complexity index is 292. The second-order valence-electron chi connectivity index (χ2n) is 2.66. The zero-order valence-electron chi connectivity index (χ0n) is 6.69. The molecule has 1 aromatic heterocycles. The van der Waals surface area contributed by atoms with E-state index in [2.05, 4.69) is 40.4 Å². The summed E-state index contributed by atoms with van der Waals surface area (Å²) in [5.74, 6) is 0. The standard InChI is InChI=1S/C8H10N2S2/c1-10-6(5-9-8(10)11)7-3-2-4-12-7/h2-5,8-9,11H,1H3. The topological polar surface area (TPSA) is 15.3 Å². The van der Waals surface area contributed by atoms with Gasteiger partial charge in [-0.25, -0.2) is 0 Å². The van der Waals surface area contributed by atoms with Gasteiger partial charge >= 0.3 is 0 Å². The number of hydrogen-bond donors (Lipinski definition) is 2. The molecule has 0 fully saturated rings. The van der Waals surface area contributed by atoms with Crippen LogP contribution in [0.15, 0.2) is 23.7 Å². The summed E-state index contributed by atoms with van der Waals surface area (Å²) in [6, 6.07) is 4.17. The Balaban J connectivity index is 2.27. The van der Waals surface area contributed by atoms with Crippen LogP contribution in [0.1, 0.15) is 4.88 Å². The van der Waals surface area contributed by atoms with Gasteiger partial charge in [0, 0.05) is 13.2 Å². The molecule has 0 aliphatic carbocycles. The predicted molar refractivity (Wildman–Crippen MR) is 56.0 cm³/mol. The zero-order valence-corrected chi connectivity index (χ0v) is 8.40. The Labute approximate surface area is 81.3 Å². The van der Waals surface area contributed by atoms with Gasteiger partial charge in [-0.2, -0.15) is 0 Å². The van der Waals surface area contributed by atoms with Gasteiger partial charge in [0.2, 0.25) is 0 Å². The number of thiol groups is 1. The van der Waals surface area contributed by atoms with Crippen molar-refractivity contribution in [1.29, 1.82) is 0 Å². The van der Waals surface area contributed by atoms with E-state index in [1.54, 1.807) is 11.3 Å². The lowest BCUT2D eigenvalue weighted by molar-refractivity contribution is 0.458. The minimum Gasteiger partial charge on any atom is -0.361 e. The van der Waals surface area contributed by atoms with Crippen LogP contribution in [0.2, 0.25) is 0 Å². The van der Waals surface area contributed by atoms with Gasteiger partial charge in [0.25, 0.3) is 0 Å². The number of nitrogens with one attached hydrogen (secondary N) is 1. The molecular weight excluding hydrogens is 188 g/mol. The van der Waals surface area contributed by atoms with Crippen molar-refractivity contribution in [3.05, 3.63) is 28.6 Å². The Kier molecular flexibility index (Phi) is 2.02. The summed E-state index contributed by atoms with van der Waals surface area (Å²) >= 11 is 6.09. The molecular formula is C8H10N2S2. The van der Waals surface area contributed by atoms with Gasteiger partial charge in [-0.1, -0.05) is 6.07 Å². The normalized spacial score (nSPS) is 22.3. The fraction of sp³-hybridized carbons (Fsp3) is 0.250. The van der Waals surface area contributed by atoms with Crippen LogP contribution >= 0.6 is 24.0 Å². The molecule has 2 heterocycles. The molecule has 2 rings (SSSR count). The molecule has 2 nitrogen and oxygen atoms in total. The van der Waals surface area contributed by atoms with E-state index >= 15 is 0 Å². The largest absolute Gasteiger partial charge is 0.361 e. The highest BCUT2D eigenvalue weighted by molar-refractivity contribution is 7.80. The summed E-state index contributed by atoms with van der Waals surface area (Å²) in [6.45, 7) is 0. The van der Waals surface area contributed by atoms with E-state index in [-0.39, 0.29) is 5.50 Å². The molecule has 1 aliphatic heterocycles. The maximum atomic E-state index is 4.35. The molecule has 1 unspecified atom stereocenters. The lowest BCUT2D eigenvalue weighted by atomic mass is 10.3. The van der Waals surface area contributed by atoms with Crippen LogP contribution in [0.3, 0.4) is 0 Å². The first-order valence-corrected chi connectivity index (χ1v) is 5.09. The monoisotopic (exact) mass is 198 g/mol. The van der Waals surface area contributed by atoms with Gasteiger partial charge in [0.05, 0.1) is 10.6 Å². The summed E-state index contributed by atoms with van der Waals surface area (Å²) in [7, 11) is 2.03. The Hall–Kier alpha value is -0.610. The molecule has 0 saturated heterocycles. The Morgan fingerprint density at radius 1 is 1.67 bits per heavy atom. The minimum absolute atomic E-state index is 0.113. The van der Waals surface area contributed by atoms with E-state index in [1.165, 1.54) is 10.6 Å². The van der Waals surface area contributed by atoms with Crippen LogP contribution < -0.4 is 5.32 Å². The molecule has 0 radical (unpaired) electrons. The van der Waals surface area contributed by atoms with E-state index in [4.69, 9.17) is 0 Å². The molecule has 12 heavy (non-hydrogen) atoms. The third kappa shape index (κ3) is 1.21. The van der Waals surface area contributed by atoms with Crippen LogP contribution in [-0.2, 0) is 0 Å². The maximum absolute atomic E-state index is 4.35. The summed E-state index contributed by atoms with van der Waals surface area (Å²) in [5, 5.41) is 5.22. The van der Waals surface area contributed by atoms with Crippen LogP contribution in [0.25, 0.3) is 5.70 Å². The molecule has 1 N–H and O–H groups in total. The molecule has 1 atom stereocenters. The second-order valence-corrected chi connectivity index (χ2v) is 4.09. The first kappa shape index (κ1) is 8.01. The number of rotatable bonds is 1. The molecule has 1 aliphatic rings. The summed E-state index contributed by atoms with van der Waals surface area (Å²) in [4.78, 5) is 3.39. The number of nitrogens with zero attached hydrogens (tertiary/aromatic N) is 1. The fourth-order valence-corrected chi connectivity index (χ4v) is 2.15. The maximum Gasteiger partial charge on any atom is 0.144 e. The first-order chi connectivity index (χ1) is 5.79.